The molecule has 19 heavy (non-hydrogen) atoms. The molecule has 0 radical (unpaired) electrons. The molecule has 5 nitrogen and oxygen atoms in total. The van der Waals surface area contributed by atoms with Gasteiger partial charge in [0.1, 0.15) is 11.4 Å². The van der Waals surface area contributed by atoms with Gasteiger partial charge in [-0.2, -0.15) is 0 Å². The van der Waals surface area contributed by atoms with E-state index in [-0.39, 0.29) is 25.8 Å². The van der Waals surface area contributed by atoms with E-state index in [4.69, 9.17) is 18.9 Å². The van der Waals surface area contributed by atoms with E-state index in [0.29, 0.717) is 17.2 Å². The summed E-state index contributed by atoms with van der Waals surface area (Å²) in [6, 6.07) is 5.31. The van der Waals surface area contributed by atoms with E-state index in [0.717, 1.165) is 0 Å². The maximum atomic E-state index is 11.5. The molecule has 0 amide bonds. The molecular formula is C14H18O5. The van der Waals surface area contributed by atoms with Gasteiger partial charge in [-0.05, 0) is 32.9 Å². The largest absolute Gasteiger partial charge is 0.493 e. The van der Waals surface area contributed by atoms with Crippen molar-refractivity contribution in [1.29, 1.82) is 0 Å². The third kappa shape index (κ3) is 4.05. The predicted molar refractivity (Wildman–Crippen MR) is 68.5 cm³/mol. The molecule has 0 N–H and O–H groups in total. The minimum absolute atomic E-state index is 0.214. The Morgan fingerprint density at radius 3 is 2.74 bits per heavy atom. The molecule has 1 heterocycles. The van der Waals surface area contributed by atoms with Crippen LogP contribution in [0.3, 0.4) is 0 Å². The maximum Gasteiger partial charge on any atom is 0.309 e. The second kappa shape index (κ2) is 5.38. The average molecular weight is 266 g/mol. The van der Waals surface area contributed by atoms with E-state index in [1.54, 1.807) is 18.2 Å². The zero-order valence-electron chi connectivity index (χ0n) is 11.4. The van der Waals surface area contributed by atoms with Gasteiger partial charge in [0.2, 0.25) is 6.79 Å². The molecule has 104 valence electrons. The summed E-state index contributed by atoms with van der Waals surface area (Å²) in [7, 11) is 0. The Labute approximate surface area is 112 Å². The molecule has 0 unspecified atom stereocenters. The molecule has 1 aliphatic heterocycles. The van der Waals surface area contributed by atoms with Crippen LogP contribution in [-0.2, 0) is 9.53 Å². The van der Waals surface area contributed by atoms with Gasteiger partial charge in [0.15, 0.2) is 11.5 Å². The van der Waals surface area contributed by atoms with Crippen molar-refractivity contribution >= 4 is 5.97 Å². The lowest BCUT2D eigenvalue weighted by atomic mass is 10.2. The van der Waals surface area contributed by atoms with Crippen LogP contribution >= 0.6 is 0 Å². The molecule has 1 aromatic carbocycles. The summed E-state index contributed by atoms with van der Waals surface area (Å²) in [6.07, 6.45) is 0.214. The zero-order valence-corrected chi connectivity index (χ0v) is 11.4. The van der Waals surface area contributed by atoms with E-state index in [9.17, 15) is 4.79 Å². The van der Waals surface area contributed by atoms with Gasteiger partial charge in [-0.15, -0.1) is 0 Å². The number of carbonyl (C=O) groups is 1. The van der Waals surface area contributed by atoms with Crippen molar-refractivity contribution in [1.82, 2.24) is 0 Å². The molecule has 0 saturated heterocycles. The molecule has 1 aliphatic rings. The third-order valence-electron chi connectivity index (χ3n) is 2.34. The SMILES string of the molecule is CC(C)(C)OC(=O)CCOc1ccc2c(c1)OCO2. The fourth-order valence-electron chi connectivity index (χ4n) is 1.61. The molecule has 0 spiro atoms. The Morgan fingerprint density at radius 1 is 1.26 bits per heavy atom. The van der Waals surface area contributed by atoms with Crippen LogP contribution in [0.2, 0.25) is 0 Å². The van der Waals surface area contributed by atoms with Gasteiger partial charge in [-0.25, -0.2) is 0 Å². The number of fused-ring (bicyclic) bond motifs is 1. The van der Waals surface area contributed by atoms with Crippen LogP contribution in [0.5, 0.6) is 17.2 Å². The number of hydrogen-bond acceptors (Lipinski definition) is 5. The lowest BCUT2D eigenvalue weighted by Crippen LogP contribution is -2.24. The van der Waals surface area contributed by atoms with Crippen molar-refractivity contribution < 1.29 is 23.7 Å². The molecule has 0 aliphatic carbocycles. The van der Waals surface area contributed by atoms with Crippen molar-refractivity contribution in [2.24, 2.45) is 0 Å². The summed E-state index contributed by atoms with van der Waals surface area (Å²) in [5.41, 5.74) is -0.462. The van der Waals surface area contributed by atoms with Gasteiger partial charge in [-0.3, -0.25) is 4.79 Å². The number of ether oxygens (including phenoxy) is 4. The minimum atomic E-state index is -0.462. The lowest BCUT2D eigenvalue weighted by molar-refractivity contribution is -0.155. The summed E-state index contributed by atoms with van der Waals surface area (Å²) >= 11 is 0. The molecule has 0 saturated carbocycles. The van der Waals surface area contributed by atoms with Gasteiger partial charge in [0, 0.05) is 6.07 Å². The van der Waals surface area contributed by atoms with Gasteiger partial charge in [0.05, 0.1) is 13.0 Å². The van der Waals surface area contributed by atoms with Crippen molar-refractivity contribution in [2.75, 3.05) is 13.4 Å². The summed E-state index contributed by atoms with van der Waals surface area (Å²) < 4.78 is 21.1. The normalized spacial score (nSPS) is 13.2. The lowest BCUT2D eigenvalue weighted by Gasteiger charge is -2.19. The summed E-state index contributed by atoms with van der Waals surface area (Å²) in [5, 5.41) is 0. The smallest absolute Gasteiger partial charge is 0.309 e. The molecular weight excluding hydrogens is 248 g/mol. The molecule has 5 heteroatoms. The fourth-order valence-corrected chi connectivity index (χ4v) is 1.61. The first kappa shape index (κ1) is 13.5. The number of esters is 1. The van der Waals surface area contributed by atoms with Crippen LogP contribution in [0.25, 0.3) is 0 Å². The van der Waals surface area contributed by atoms with Crippen LogP contribution in [0.1, 0.15) is 27.2 Å². The highest BCUT2D eigenvalue weighted by Crippen LogP contribution is 2.35. The fraction of sp³-hybridized carbons (Fsp3) is 0.500. The average Bonchev–Trinajstić information content (AvgIpc) is 2.73. The van der Waals surface area contributed by atoms with Crippen molar-refractivity contribution in [3.8, 4) is 17.2 Å². The first-order valence-electron chi connectivity index (χ1n) is 6.18. The highest BCUT2D eigenvalue weighted by molar-refractivity contribution is 5.70. The monoisotopic (exact) mass is 266 g/mol. The highest BCUT2D eigenvalue weighted by Gasteiger charge is 2.17. The number of carbonyl (C=O) groups excluding carboxylic acids is 1. The van der Waals surface area contributed by atoms with Crippen molar-refractivity contribution in [2.45, 2.75) is 32.8 Å². The standard InChI is InChI=1S/C14H18O5/c1-14(2,3)19-13(15)6-7-16-10-4-5-11-12(8-10)18-9-17-11/h4-5,8H,6-7,9H2,1-3H3. The quantitative estimate of drug-likeness (QED) is 0.784. The Bertz CT molecular complexity index is 461. The van der Waals surface area contributed by atoms with Gasteiger partial charge in [-0.1, -0.05) is 0 Å². The molecule has 0 atom stereocenters. The second-order valence-corrected chi connectivity index (χ2v) is 5.20. The second-order valence-electron chi connectivity index (χ2n) is 5.20. The molecule has 0 bridgehead atoms. The summed E-state index contributed by atoms with van der Waals surface area (Å²) in [4.78, 5) is 11.5. The number of hydrogen-bond donors (Lipinski definition) is 0. The van der Waals surface area contributed by atoms with Crippen LogP contribution < -0.4 is 14.2 Å². The highest BCUT2D eigenvalue weighted by atomic mass is 16.7. The van der Waals surface area contributed by atoms with E-state index in [1.807, 2.05) is 20.8 Å². The zero-order chi connectivity index (χ0) is 13.9. The van der Waals surface area contributed by atoms with Gasteiger partial charge in [0.25, 0.3) is 0 Å². The Hall–Kier alpha value is -1.91. The Morgan fingerprint density at radius 2 is 2.00 bits per heavy atom. The number of rotatable bonds is 4. The van der Waals surface area contributed by atoms with E-state index < -0.39 is 5.60 Å². The van der Waals surface area contributed by atoms with Crippen LogP contribution in [0, 0.1) is 0 Å². The van der Waals surface area contributed by atoms with Crippen molar-refractivity contribution in [3.63, 3.8) is 0 Å². The van der Waals surface area contributed by atoms with Gasteiger partial charge < -0.3 is 18.9 Å². The summed E-state index contributed by atoms with van der Waals surface area (Å²) in [5.74, 6) is 1.75. The van der Waals surface area contributed by atoms with Crippen molar-refractivity contribution in [3.05, 3.63) is 18.2 Å². The topological polar surface area (TPSA) is 54.0 Å². The Balaban J connectivity index is 1.78. The molecule has 0 fully saturated rings. The minimum Gasteiger partial charge on any atom is -0.493 e. The van der Waals surface area contributed by atoms with Crippen LogP contribution in [-0.4, -0.2) is 25.0 Å². The van der Waals surface area contributed by atoms with Gasteiger partial charge >= 0.3 is 5.97 Å². The summed E-state index contributed by atoms with van der Waals surface area (Å²) in [6.45, 7) is 6.02. The van der Waals surface area contributed by atoms with E-state index in [2.05, 4.69) is 0 Å². The van der Waals surface area contributed by atoms with Crippen LogP contribution in [0.4, 0.5) is 0 Å². The van der Waals surface area contributed by atoms with Crippen LogP contribution in [0.15, 0.2) is 18.2 Å². The van der Waals surface area contributed by atoms with E-state index in [1.165, 1.54) is 0 Å². The first-order valence-corrected chi connectivity index (χ1v) is 6.18. The molecule has 0 aromatic heterocycles. The van der Waals surface area contributed by atoms with E-state index >= 15 is 0 Å². The molecule has 2 rings (SSSR count). The Kier molecular flexibility index (Phi) is 3.83. The maximum absolute atomic E-state index is 11.5. The predicted octanol–water partition coefficient (Wildman–Crippen LogP) is 2.53. The third-order valence-corrected chi connectivity index (χ3v) is 2.34. The number of benzene rings is 1. The molecule has 1 aromatic rings. The first-order chi connectivity index (χ1) is 8.94.